The zero-order valence-electron chi connectivity index (χ0n) is 15.8. The molecule has 1 saturated heterocycles. The van der Waals surface area contributed by atoms with E-state index in [1.54, 1.807) is 6.07 Å². The molecule has 5 nitrogen and oxygen atoms in total. The maximum absolute atomic E-state index is 13.6. The van der Waals surface area contributed by atoms with Crippen molar-refractivity contribution in [1.29, 1.82) is 0 Å². The molecular formula is C22H19ClFN3O2. The number of anilines is 1. The van der Waals surface area contributed by atoms with Crippen LogP contribution in [0.25, 0.3) is 10.9 Å². The Labute approximate surface area is 172 Å². The lowest BCUT2D eigenvalue weighted by Crippen LogP contribution is -2.46. The Hall–Kier alpha value is -2.70. The minimum absolute atomic E-state index is 0.0564. The molecule has 148 valence electrons. The fraction of sp³-hybridized carbons (Fsp3) is 0.273. The number of amides is 2. The summed E-state index contributed by atoms with van der Waals surface area (Å²) in [6, 6.07) is 10.8. The molecule has 0 spiro atoms. The van der Waals surface area contributed by atoms with Gasteiger partial charge >= 0.3 is 0 Å². The number of nitrogens with zero attached hydrogens (tertiary/aromatic N) is 2. The number of carbonyl (C=O) groups excluding carboxylic acids is 2. The largest absolute Gasteiger partial charge is 0.357 e. The Bertz CT molecular complexity index is 1160. The number of carbonyl (C=O) groups is 2. The maximum atomic E-state index is 13.6. The number of aromatic amines is 1. The Kier molecular flexibility index (Phi) is 4.22. The van der Waals surface area contributed by atoms with Crippen LogP contribution < -0.4 is 4.90 Å². The molecule has 7 heteroatoms. The minimum Gasteiger partial charge on any atom is -0.357 e. The van der Waals surface area contributed by atoms with Gasteiger partial charge in [-0.05, 0) is 55.3 Å². The van der Waals surface area contributed by atoms with Crippen LogP contribution in [0.4, 0.5) is 10.1 Å². The number of aromatic nitrogens is 1. The summed E-state index contributed by atoms with van der Waals surface area (Å²) >= 11 is 6.17. The van der Waals surface area contributed by atoms with Crippen molar-refractivity contribution in [2.45, 2.75) is 31.8 Å². The lowest BCUT2D eigenvalue weighted by atomic mass is 9.96. The third-order valence-electron chi connectivity index (χ3n) is 6.03. The molecule has 29 heavy (non-hydrogen) atoms. The van der Waals surface area contributed by atoms with Crippen molar-refractivity contribution in [3.63, 3.8) is 0 Å². The van der Waals surface area contributed by atoms with Gasteiger partial charge in [-0.3, -0.25) is 14.5 Å². The summed E-state index contributed by atoms with van der Waals surface area (Å²) in [5.41, 5.74) is 3.57. The highest BCUT2D eigenvalue weighted by Gasteiger charge is 2.45. The number of imide groups is 1. The summed E-state index contributed by atoms with van der Waals surface area (Å²) in [6.45, 7) is 2.70. The second-order valence-corrected chi connectivity index (χ2v) is 8.07. The van der Waals surface area contributed by atoms with E-state index < -0.39 is 11.9 Å². The predicted molar refractivity (Wildman–Crippen MR) is 109 cm³/mol. The molecule has 5 rings (SSSR count). The molecule has 2 aromatic carbocycles. The number of H-pyrrole nitrogens is 1. The van der Waals surface area contributed by atoms with E-state index >= 15 is 0 Å². The zero-order valence-corrected chi connectivity index (χ0v) is 16.5. The average molecular weight is 412 g/mol. The lowest BCUT2D eigenvalue weighted by Gasteiger charge is -2.36. The minimum atomic E-state index is -0.552. The number of hydrogen-bond donors (Lipinski definition) is 1. The van der Waals surface area contributed by atoms with Crippen molar-refractivity contribution >= 4 is 40.0 Å². The molecule has 0 saturated carbocycles. The van der Waals surface area contributed by atoms with Gasteiger partial charge in [0.05, 0.1) is 18.2 Å². The van der Waals surface area contributed by atoms with Gasteiger partial charge in [0.2, 0.25) is 5.91 Å². The summed E-state index contributed by atoms with van der Waals surface area (Å²) in [5.74, 6) is -1.07. The smallest absolute Gasteiger partial charge is 0.251 e. The van der Waals surface area contributed by atoms with Crippen LogP contribution in [-0.2, 0) is 16.0 Å². The molecule has 0 radical (unpaired) electrons. The van der Waals surface area contributed by atoms with Gasteiger partial charge in [0, 0.05) is 34.2 Å². The molecule has 2 aliphatic rings. The summed E-state index contributed by atoms with van der Waals surface area (Å²) in [7, 11) is 0. The van der Waals surface area contributed by atoms with E-state index in [1.807, 2.05) is 25.1 Å². The molecule has 3 aromatic rings. The van der Waals surface area contributed by atoms with Gasteiger partial charge in [-0.25, -0.2) is 9.29 Å². The summed E-state index contributed by atoms with van der Waals surface area (Å²) in [5, 5.41) is 1.80. The van der Waals surface area contributed by atoms with Crippen LogP contribution in [0.2, 0.25) is 5.02 Å². The SMILES string of the molecule is CC1c2[nH]c3ccc(Cl)cc3c2CCN1C1CC(=O)N(c2cccc(F)c2)C1=O. The third kappa shape index (κ3) is 2.86. The highest BCUT2D eigenvalue weighted by atomic mass is 35.5. The number of rotatable bonds is 2. The summed E-state index contributed by atoms with van der Waals surface area (Å²) in [4.78, 5) is 32.4. The van der Waals surface area contributed by atoms with E-state index in [9.17, 15) is 14.0 Å². The van der Waals surface area contributed by atoms with Crippen LogP contribution in [0.5, 0.6) is 0 Å². The van der Waals surface area contributed by atoms with Gasteiger partial charge in [-0.2, -0.15) is 0 Å². The first kappa shape index (κ1) is 18.3. The normalized spacial score (nSPS) is 22.5. The molecule has 2 aliphatic heterocycles. The maximum Gasteiger partial charge on any atom is 0.251 e. The van der Waals surface area contributed by atoms with E-state index in [0.29, 0.717) is 11.6 Å². The van der Waals surface area contributed by atoms with E-state index in [4.69, 9.17) is 11.6 Å². The van der Waals surface area contributed by atoms with E-state index in [1.165, 1.54) is 23.8 Å². The van der Waals surface area contributed by atoms with Crippen molar-refractivity contribution in [3.05, 3.63) is 64.6 Å². The highest BCUT2D eigenvalue weighted by Crippen LogP contribution is 2.38. The van der Waals surface area contributed by atoms with E-state index in [2.05, 4.69) is 9.88 Å². The molecule has 1 aromatic heterocycles. The van der Waals surface area contributed by atoms with Gasteiger partial charge in [0.15, 0.2) is 0 Å². The predicted octanol–water partition coefficient (Wildman–Crippen LogP) is 4.21. The van der Waals surface area contributed by atoms with Crippen molar-refractivity contribution in [2.75, 3.05) is 11.4 Å². The highest BCUT2D eigenvalue weighted by molar-refractivity contribution is 6.31. The molecule has 3 heterocycles. The van der Waals surface area contributed by atoms with Crippen LogP contribution in [0.3, 0.4) is 0 Å². The standard InChI is InChI=1S/C22H19ClFN3O2/c1-12-21-16(17-9-13(23)5-6-18(17)25-21)7-8-26(12)19-11-20(28)27(22(19)29)15-4-2-3-14(24)10-15/h2-6,9-10,12,19,25H,7-8,11H2,1H3. The van der Waals surface area contributed by atoms with Gasteiger partial charge in [0.25, 0.3) is 5.91 Å². The van der Waals surface area contributed by atoms with Gasteiger partial charge in [-0.1, -0.05) is 17.7 Å². The van der Waals surface area contributed by atoms with Gasteiger partial charge in [-0.15, -0.1) is 0 Å². The Morgan fingerprint density at radius 3 is 2.79 bits per heavy atom. The first-order valence-corrected chi connectivity index (χ1v) is 10.00. The van der Waals surface area contributed by atoms with Crippen LogP contribution in [0.15, 0.2) is 42.5 Å². The van der Waals surface area contributed by atoms with Crippen molar-refractivity contribution in [1.82, 2.24) is 9.88 Å². The van der Waals surface area contributed by atoms with Crippen molar-refractivity contribution in [2.24, 2.45) is 0 Å². The monoisotopic (exact) mass is 411 g/mol. The number of benzene rings is 2. The first-order valence-electron chi connectivity index (χ1n) is 9.62. The van der Waals surface area contributed by atoms with Gasteiger partial charge in [0.1, 0.15) is 5.82 Å². The van der Waals surface area contributed by atoms with Crippen LogP contribution in [0.1, 0.15) is 30.6 Å². The number of halogens is 2. The first-order chi connectivity index (χ1) is 13.9. The zero-order chi connectivity index (χ0) is 20.3. The summed E-state index contributed by atoms with van der Waals surface area (Å²) < 4.78 is 13.6. The fourth-order valence-corrected chi connectivity index (χ4v) is 4.83. The molecule has 1 N–H and O–H groups in total. The molecule has 0 aliphatic carbocycles. The number of fused-ring (bicyclic) bond motifs is 3. The average Bonchev–Trinajstić information content (AvgIpc) is 3.19. The second-order valence-electron chi connectivity index (χ2n) is 7.64. The molecule has 2 amide bonds. The molecule has 2 unspecified atom stereocenters. The molecule has 2 atom stereocenters. The fourth-order valence-electron chi connectivity index (χ4n) is 4.65. The van der Waals surface area contributed by atoms with Gasteiger partial charge < -0.3 is 4.98 Å². The number of nitrogens with one attached hydrogen (secondary N) is 1. The van der Waals surface area contributed by atoms with Crippen LogP contribution >= 0.6 is 11.6 Å². The van der Waals surface area contributed by atoms with E-state index in [0.717, 1.165) is 27.9 Å². The van der Waals surface area contributed by atoms with Crippen molar-refractivity contribution < 1.29 is 14.0 Å². The second kappa shape index (κ2) is 6.68. The summed E-state index contributed by atoms with van der Waals surface area (Å²) in [6.07, 6.45) is 0.860. The van der Waals surface area contributed by atoms with Crippen LogP contribution in [0, 0.1) is 5.82 Å². The molecule has 1 fully saturated rings. The topological polar surface area (TPSA) is 56.4 Å². The Morgan fingerprint density at radius 1 is 1.17 bits per heavy atom. The Morgan fingerprint density at radius 2 is 2.00 bits per heavy atom. The number of hydrogen-bond acceptors (Lipinski definition) is 3. The third-order valence-corrected chi connectivity index (χ3v) is 6.26. The van der Waals surface area contributed by atoms with Crippen LogP contribution in [-0.4, -0.2) is 34.3 Å². The van der Waals surface area contributed by atoms with E-state index in [-0.39, 0.29) is 30.0 Å². The quantitative estimate of drug-likeness (QED) is 0.642. The molecule has 0 bridgehead atoms. The molecular weight excluding hydrogens is 393 g/mol. The van der Waals surface area contributed by atoms with Crippen molar-refractivity contribution in [3.8, 4) is 0 Å². The Balaban J connectivity index is 1.47. The lowest BCUT2D eigenvalue weighted by molar-refractivity contribution is -0.123.